The first-order valence-electron chi connectivity index (χ1n) is 4.71. The second-order valence-corrected chi connectivity index (χ2v) is 2.96. The summed E-state index contributed by atoms with van der Waals surface area (Å²) in [6, 6.07) is 0. The first kappa shape index (κ1) is 14.2. The van der Waals surface area contributed by atoms with E-state index in [-0.39, 0.29) is 12.2 Å². The van der Waals surface area contributed by atoms with Crippen LogP contribution in [0.2, 0.25) is 0 Å². The summed E-state index contributed by atoms with van der Waals surface area (Å²) in [6.07, 6.45) is 1.39. The van der Waals surface area contributed by atoms with Crippen LogP contribution >= 0.6 is 0 Å². The molecule has 0 aromatic rings. The van der Waals surface area contributed by atoms with Gasteiger partial charge < -0.3 is 14.6 Å². The van der Waals surface area contributed by atoms with Crippen molar-refractivity contribution in [1.82, 2.24) is 0 Å². The highest BCUT2D eigenvalue weighted by Crippen LogP contribution is 1.97. The highest BCUT2D eigenvalue weighted by atomic mass is 16.6. The van der Waals surface area contributed by atoms with Gasteiger partial charge in [-0.05, 0) is 13.3 Å². The van der Waals surface area contributed by atoms with Gasteiger partial charge in [0.2, 0.25) is 0 Å². The van der Waals surface area contributed by atoms with E-state index in [9.17, 15) is 14.4 Å². The number of carbonyl (C=O) groups excluding carboxylic acids is 2. The molecule has 90 valence electrons. The summed E-state index contributed by atoms with van der Waals surface area (Å²) < 4.78 is 9.17. The van der Waals surface area contributed by atoms with Crippen molar-refractivity contribution in [1.29, 1.82) is 0 Å². The predicted molar refractivity (Wildman–Crippen MR) is 53.6 cm³/mol. The second kappa shape index (κ2) is 7.44. The van der Waals surface area contributed by atoms with Gasteiger partial charge in [-0.2, -0.15) is 0 Å². The smallest absolute Gasteiger partial charge is 0.344 e. The lowest BCUT2D eigenvalue weighted by Crippen LogP contribution is -2.17. The third-order valence-electron chi connectivity index (χ3n) is 1.45. The largest absolute Gasteiger partial charge is 0.478 e. The Hall–Kier alpha value is -1.85. The van der Waals surface area contributed by atoms with Crippen molar-refractivity contribution >= 4 is 17.9 Å². The fourth-order valence-corrected chi connectivity index (χ4v) is 0.740. The molecule has 0 radical (unpaired) electrons. The summed E-state index contributed by atoms with van der Waals surface area (Å²) >= 11 is 0. The van der Waals surface area contributed by atoms with E-state index < -0.39 is 24.5 Å². The molecule has 0 aromatic heterocycles. The zero-order chi connectivity index (χ0) is 12.6. The highest BCUT2D eigenvalue weighted by Gasteiger charge is 2.10. The fraction of sp³-hybridized carbons (Fsp3) is 0.500. The highest BCUT2D eigenvalue weighted by molar-refractivity contribution is 5.95. The Kier molecular flexibility index (Phi) is 6.58. The molecule has 1 N–H and O–H groups in total. The Labute approximate surface area is 92.8 Å². The molecule has 0 saturated carbocycles. The molecular formula is C10H14O6. The molecule has 0 bridgehead atoms. The van der Waals surface area contributed by atoms with Crippen molar-refractivity contribution in [3.05, 3.63) is 11.6 Å². The molecule has 6 heteroatoms. The van der Waals surface area contributed by atoms with Crippen LogP contribution in [0.15, 0.2) is 11.6 Å². The van der Waals surface area contributed by atoms with Crippen LogP contribution in [0.4, 0.5) is 0 Å². The lowest BCUT2D eigenvalue weighted by atomic mass is 10.3. The van der Waals surface area contributed by atoms with Gasteiger partial charge in [0.25, 0.3) is 0 Å². The van der Waals surface area contributed by atoms with Crippen LogP contribution in [0.3, 0.4) is 0 Å². The third-order valence-corrected chi connectivity index (χ3v) is 1.45. The van der Waals surface area contributed by atoms with Crippen LogP contribution < -0.4 is 0 Å². The monoisotopic (exact) mass is 230 g/mol. The molecule has 0 aliphatic carbocycles. The van der Waals surface area contributed by atoms with E-state index in [4.69, 9.17) is 5.11 Å². The minimum Gasteiger partial charge on any atom is -0.478 e. The lowest BCUT2D eigenvalue weighted by Gasteiger charge is -2.04. The van der Waals surface area contributed by atoms with E-state index in [0.717, 1.165) is 0 Å². The van der Waals surface area contributed by atoms with Gasteiger partial charge in [-0.15, -0.1) is 0 Å². The van der Waals surface area contributed by atoms with Crippen molar-refractivity contribution in [3.8, 4) is 0 Å². The lowest BCUT2D eigenvalue weighted by molar-refractivity contribution is -0.156. The van der Waals surface area contributed by atoms with Crippen LogP contribution in [0.1, 0.15) is 20.3 Å². The fourth-order valence-electron chi connectivity index (χ4n) is 0.740. The number of esters is 2. The molecule has 0 heterocycles. The van der Waals surface area contributed by atoms with Crippen molar-refractivity contribution in [2.75, 3.05) is 13.2 Å². The Morgan fingerprint density at radius 2 is 1.88 bits per heavy atom. The first-order chi connectivity index (χ1) is 7.47. The van der Waals surface area contributed by atoms with Crippen LogP contribution in [0.5, 0.6) is 0 Å². The predicted octanol–water partition coefficient (Wildman–Crippen LogP) is 0.514. The van der Waals surface area contributed by atoms with Crippen LogP contribution in [0, 0.1) is 0 Å². The quantitative estimate of drug-likeness (QED) is 0.528. The molecule has 0 unspecified atom stereocenters. The van der Waals surface area contributed by atoms with Gasteiger partial charge in [0.1, 0.15) is 0 Å². The van der Waals surface area contributed by atoms with Gasteiger partial charge in [0.15, 0.2) is 6.61 Å². The Balaban J connectivity index is 3.98. The number of carboxylic acid groups (broad SMARTS) is 1. The summed E-state index contributed by atoms with van der Waals surface area (Å²) in [5, 5.41) is 8.35. The summed E-state index contributed by atoms with van der Waals surface area (Å²) in [7, 11) is 0. The average Bonchev–Trinajstić information content (AvgIpc) is 2.21. The molecule has 0 rings (SSSR count). The maximum atomic E-state index is 11.1. The standard InChI is InChI=1S/C10H14O6/c1-3-4-15-9(13)6-16-10(14)7(2)5-8(11)12/h5H,3-4,6H2,1-2H3,(H,11,12)/b7-5-. The topological polar surface area (TPSA) is 89.9 Å². The van der Waals surface area contributed by atoms with Gasteiger partial charge in [-0.25, -0.2) is 14.4 Å². The molecule has 0 amide bonds. The zero-order valence-corrected chi connectivity index (χ0v) is 9.19. The minimum absolute atomic E-state index is 0.0872. The number of hydrogen-bond acceptors (Lipinski definition) is 5. The van der Waals surface area contributed by atoms with E-state index >= 15 is 0 Å². The molecule has 6 nitrogen and oxygen atoms in total. The number of carboxylic acids is 1. The number of aliphatic carboxylic acids is 1. The van der Waals surface area contributed by atoms with E-state index in [2.05, 4.69) is 9.47 Å². The van der Waals surface area contributed by atoms with Crippen molar-refractivity contribution in [2.24, 2.45) is 0 Å². The summed E-state index contributed by atoms with van der Waals surface area (Å²) in [6.45, 7) is 2.87. The van der Waals surface area contributed by atoms with Crippen molar-refractivity contribution in [3.63, 3.8) is 0 Å². The van der Waals surface area contributed by atoms with Crippen LogP contribution in [-0.4, -0.2) is 36.2 Å². The second-order valence-electron chi connectivity index (χ2n) is 2.96. The molecule has 0 fully saturated rings. The molecule has 0 aliphatic heterocycles. The normalized spacial score (nSPS) is 10.8. The summed E-state index contributed by atoms with van der Waals surface area (Å²) in [4.78, 5) is 32.2. The van der Waals surface area contributed by atoms with E-state index in [0.29, 0.717) is 12.5 Å². The Morgan fingerprint density at radius 3 is 2.38 bits per heavy atom. The van der Waals surface area contributed by atoms with E-state index in [1.165, 1.54) is 6.92 Å². The summed E-state index contributed by atoms with van der Waals surface area (Å²) in [5.74, 6) is -2.75. The molecule has 0 spiro atoms. The summed E-state index contributed by atoms with van der Waals surface area (Å²) in [5.41, 5.74) is -0.0872. The molecule has 0 aliphatic rings. The van der Waals surface area contributed by atoms with Crippen molar-refractivity contribution < 1.29 is 29.0 Å². The van der Waals surface area contributed by atoms with Crippen LogP contribution in [0.25, 0.3) is 0 Å². The van der Waals surface area contributed by atoms with Gasteiger partial charge in [0, 0.05) is 11.6 Å². The van der Waals surface area contributed by atoms with Gasteiger partial charge in [-0.1, -0.05) is 6.92 Å². The number of rotatable bonds is 6. The number of hydrogen-bond donors (Lipinski definition) is 1. The maximum absolute atomic E-state index is 11.1. The third kappa shape index (κ3) is 6.58. The molecule has 16 heavy (non-hydrogen) atoms. The van der Waals surface area contributed by atoms with Gasteiger partial charge >= 0.3 is 17.9 Å². The number of ether oxygens (including phenoxy) is 2. The SMILES string of the molecule is CCCOC(=O)COC(=O)/C(C)=C\C(=O)O. The average molecular weight is 230 g/mol. The first-order valence-corrected chi connectivity index (χ1v) is 4.71. The van der Waals surface area contributed by atoms with Crippen LogP contribution in [-0.2, 0) is 23.9 Å². The molecule has 0 saturated heterocycles. The zero-order valence-electron chi connectivity index (χ0n) is 9.19. The maximum Gasteiger partial charge on any atom is 0.344 e. The van der Waals surface area contributed by atoms with Gasteiger partial charge in [-0.3, -0.25) is 0 Å². The Morgan fingerprint density at radius 1 is 1.25 bits per heavy atom. The molecular weight excluding hydrogens is 216 g/mol. The van der Waals surface area contributed by atoms with Gasteiger partial charge in [0.05, 0.1) is 6.61 Å². The molecule has 0 atom stereocenters. The number of carbonyl (C=O) groups is 3. The van der Waals surface area contributed by atoms with E-state index in [1.54, 1.807) is 0 Å². The Bertz CT molecular complexity index is 304. The minimum atomic E-state index is -1.25. The van der Waals surface area contributed by atoms with Crippen molar-refractivity contribution in [2.45, 2.75) is 20.3 Å². The molecule has 0 aromatic carbocycles. The van der Waals surface area contributed by atoms with E-state index in [1.807, 2.05) is 6.92 Å².